The van der Waals surface area contributed by atoms with Crippen molar-refractivity contribution in [2.45, 2.75) is 12.3 Å². The van der Waals surface area contributed by atoms with E-state index in [2.05, 4.69) is 10.4 Å². The summed E-state index contributed by atoms with van der Waals surface area (Å²) >= 11 is 5.97. The van der Waals surface area contributed by atoms with Crippen molar-refractivity contribution in [3.8, 4) is 5.69 Å². The van der Waals surface area contributed by atoms with Gasteiger partial charge >= 0.3 is 0 Å². The van der Waals surface area contributed by atoms with Gasteiger partial charge in [-0.25, -0.2) is 4.68 Å². The number of halogens is 1. The number of nitrogens with one attached hydrogen (secondary N) is 1. The maximum atomic E-state index is 12.2. The lowest BCUT2D eigenvalue weighted by Crippen LogP contribution is -2.24. The fourth-order valence-electron chi connectivity index (χ4n) is 2.98. The third kappa shape index (κ3) is 2.51. The molecule has 0 aliphatic carbocycles. The van der Waals surface area contributed by atoms with Crippen LogP contribution in [-0.4, -0.2) is 15.7 Å². The van der Waals surface area contributed by atoms with Crippen molar-refractivity contribution in [1.29, 1.82) is 0 Å². The predicted molar refractivity (Wildman–Crippen MR) is 90.1 cm³/mol. The summed E-state index contributed by atoms with van der Waals surface area (Å²) in [5, 5.41) is 8.11. The van der Waals surface area contributed by atoms with E-state index >= 15 is 0 Å². The molecule has 3 aromatic rings. The van der Waals surface area contributed by atoms with E-state index in [4.69, 9.17) is 11.6 Å². The standard InChI is InChI=1S/C18H14ClN3O/c19-13-8-6-12(7-9-13)15-10-17(23)21-18-16(15)11-20-22(18)14-4-2-1-3-5-14/h1-9,11,15H,10H2,(H,21,23)/t15-/m1/s1. The highest BCUT2D eigenvalue weighted by Gasteiger charge is 2.30. The molecule has 0 spiro atoms. The molecule has 0 bridgehead atoms. The Labute approximate surface area is 138 Å². The van der Waals surface area contributed by atoms with Crippen LogP contribution in [0.1, 0.15) is 23.5 Å². The number of carbonyl (C=O) groups excluding carboxylic acids is 1. The zero-order valence-corrected chi connectivity index (χ0v) is 13.0. The maximum absolute atomic E-state index is 12.2. The van der Waals surface area contributed by atoms with Crippen LogP contribution < -0.4 is 5.32 Å². The molecule has 0 saturated carbocycles. The zero-order chi connectivity index (χ0) is 15.8. The second kappa shape index (κ2) is 5.56. The molecule has 4 nitrogen and oxygen atoms in total. The van der Waals surface area contributed by atoms with Crippen LogP contribution in [-0.2, 0) is 4.79 Å². The van der Waals surface area contributed by atoms with Gasteiger partial charge in [-0.1, -0.05) is 41.9 Å². The van der Waals surface area contributed by atoms with Crippen molar-refractivity contribution >= 4 is 23.3 Å². The molecule has 0 saturated heterocycles. The average Bonchev–Trinajstić information content (AvgIpc) is 2.99. The van der Waals surface area contributed by atoms with Gasteiger partial charge in [0.2, 0.25) is 5.91 Å². The van der Waals surface area contributed by atoms with Gasteiger partial charge in [-0.05, 0) is 29.8 Å². The predicted octanol–water partition coefficient (Wildman–Crippen LogP) is 4.00. The molecule has 1 aliphatic rings. The van der Waals surface area contributed by atoms with Crippen LogP contribution in [0.25, 0.3) is 5.69 Å². The molecule has 0 fully saturated rings. The number of fused-ring (bicyclic) bond motifs is 1. The van der Waals surface area contributed by atoms with Crippen LogP contribution in [0.3, 0.4) is 0 Å². The fraction of sp³-hybridized carbons (Fsp3) is 0.111. The minimum Gasteiger partial charge on any atom is -0.310 e. The highest BCUT2D eigenvalue weighted by atomic mass is 35.5. The molecule has 4 rings (SSSR count). The van der Waals surface area contributed by atoms with Crippen LogP contribution >= 0.6 is 11.6 Å². The van der Waals surface area contributed by atoms with Crippen molar-refractivity contribution in [3.05, 3.63) is 76.9 Å². The molecule has 0 radical (unpaired) electrons. The third-order valence-corrected chi connectivity index (χ3v) is 4.35. The first kappa shape index (κ1) is 14.0. The number of aromatic nitrogens is 2. The van der Waals surface area contributed by atoms with Crippen molar-refractivity contribution in [2.75, 3.05) is 5.32 Å². The van der Waals surface area contributed by atoms with Gasteiger partial charge in [0.1, 0.15) is 5.82 Å². The summed E-state index contributed by atoms with van der Waals surface area (Å²) in [4.78, 5) is 12.2. The zero-order valence-electron chi connectivity index (χ0n) is 12.2. The van der Waals surface area contributed by atoms with E-state index in [-0.39, 0.29) is 11.8 Å². The van der Waals surface area contributed by atoms with Crippen molar-refractivity contribution in [1.82, 2.24) is 9.78 Å². The largest absolute Gasteiger partial charge is 0.310 e. The fourth-order valence-corrected chi connectivity index (χ4v) is 3.10. The van der Waals surface area contributed by atoms with E-state index in [1.54, 1.807) is 4.68 Å². The third-order valence-electron chi connectivity index (χ3n) is 4.09. The number of para-hydroxylation sites is 1. The van der Waals surface area contributed by atoms with E-state index in [0.717, 1.165) is 22.6 Å². The van der Waals surface area contributed by atoms with Gasteiger partial charge in [0.25, 0.3) is 0 Å². The van der Waals surface area contributed by atoms with Crippen LogP contribution in [0.15, 0.2) is 60.8 Å². The van der Waals surface area contributed by atoms with Crippen LogP contribution in [0.2, 0.25) is 5.02 Å². The van der Waals surface area contributed by atoms with Crippen LogP contribution in [0.5, 0.6) is 0 Å². The summed E-state index contributed by atoms with van der Waals surface area (Å²) < 4.78 is 1.77. The molecule has 5 heteroatoms. The molecule has 1 amide bonds. The Hall–Kier alpha value is -2.59. The van der Waals surface area contributed by atoms with Gasteiger partial charge in [0, 0.05) is 22.9 Å². The van der Waals surface area contributed by atoms with Crippen LogP contribution in [0, 0.1) is 0 Å². The molecule has 2 aromatic carbocycles. The number of carbonyl (C=O) groups is 1. The van der Waals surface area contributed by atoms with Gasteiger partial charge in [0.05, 0.1) is 11.9 Å². The summed E-state index contributed by atoms with van der Waals surface area (Å²) in [6.45, 7) is 0. The second-order valence-electron chi connectivity index (χ2n) is 5.55. The number of hydrogen-bond donors (Lipinski definition) is 1. The van der Waals surface area contributed by atoms with Crippen LogP contribution in [0.4, 0.5) is 5.82 Å². The Morgan fingerprint density at radius 3 is 2.57 bits per heavy atom. The summed E-state index contributed by atoms with van der Waals surface area (Å²) in [5.41, 5.74) is 3.01. The maximum Gasteiger partial charge on any atom is 0.226 e. The highest BCUT2D eigenvalue weighted by Crippen LogP contribution is 2.38. The Kier molecular flexibility index (Phi) is 3.39. The molecule has 1 aliphatic heterocycles. The smallest absolute Gasteiger partial charge is 0.226 e. The van der Waals surface area contributed by atoms with Gasteiger partial charge in [-0.3, -0.25) is 4.79 Å². The van der Waals surface area contributed by atoms with Gasteiger partial charge < -0.3 is 5.32 Å². The van der Waals surface area contributed by atoms with Gasteiger partial charge in [-0.2, -0.15) is 5.10 Å². The van der Waals surface area contributed by atoms with Crippen molar-refractivity contribution in [3.63, 3.8) is 0 Å². The van der Waals surface area contributed by atoms with Gasteiger partial charge in [-0.15, -0.1) is 0 Å². The van der Waals surface area contributed by atoms with E-state index in [9.17, 15) is 4.79 Å². The molecule has 2 heterocycles. The number of benzene rings is 2. The first-order chi connectivity index (χ1) is 11.2. The molecule has 1 aromatic heterocycles. The van der Waals surface area contributed by atoms with E-state index in [1.165, 1.54) is 0 Å². The van der Waals surface area contributed by atoms with Gasteiger partial charge in [0.15, 0.2) is 0 Å². The second-order valence-corrected chi connectivity index (χ2v) is 5.99. The number of amides is 1. The quantitative estimate of drug-likeness (QED) is 0.775. The summed E-state index contributed by atoms with van der Waals surface area (Å²) in [6, 6.07) is 17.4. The molecular formula is C18H14ClN3O. The van der Waals surface area contributed by atoms with Crippen molar-refractivity contribution in [2.24, 2.45) is 0 Å². The molecule has 114 valence electrons. The molecule has 0 unspecified atom stereocenters. The normalized spacial score (nSPS) is 16.7. The molecular weight excluding hydrogens is 310 g/mol. The lowest BCUT2D eigenvalue weighted by molar-refractivity contribution is -0.116. The molecule has 1 atom stereocenters. The Balaban J connectivity index is 1.81. The SMILES string of the molecule is O=C1C[C@H](c2ccc(Cl)cc2)c2cnn(-c3ccccc3)c2N1. The molecule has 23 heavy (non-hydrogen) atoms. The Bertz CT molecular complexity index is 856. The minimum absolute atomic E-state index is 0.00451. The number of anilines is 1. The lowest BCUT2D eigenvalue weighted by Gasteiger charge is -2.23. The Morgan fingerprint density at radius 2 is 1.83 bits per heavy atom. The minimum atomic E-state index is -0.00604. The Morgan fingerprint density at radius 1 is 1.09 bits per heavy atom. The van der Waals surface area contributed by atoms with E-state index in [0.29, 0.717) is 11.4 Å². The summed E-state index contributed by atoms with van der Waals surface area (Å²) in [7, 11) is 0. The number of nitrogens with zero attached hydrogens (tertiary/aromatic N) is 2. The number of rotatable bonds is 2. The molecule has 1 N–H and O–H groups in total. The number of hydrogen-bond acceptors (Lipinski definition) is 2. The van der Waals surface area contributed by atoms with E-state index in [1.807, 2.05) is 60.8 Å². The lowest BCUT2D eigenvalue weighted by atomic mass is 9.87. The summed E-state index contributed by atoms with van der Waals surface area (Å²) in [6.07, 6.45) is 2.25. The highest BCUT2D eigenvalue weighted by molar-refractivity contribution is 6.30. The summed E-state index contributed by atoms with van der Waals surface area (Å²) in [5.74, 6) is 0.732. The van der Waals surface area contributed by atoms with E-state index < -0.39 is 0 Å². The average molecular weight is 324 g/mol. The first-order valence-corrected chi connectivity index (χ1v) is 7.79. The van der Waals surface area contributed by atoms with Crippen molar-refractivity contribution < 1.29 is 4.79 Å². The topological polar surface area (TPSA) is 46.9 Å². The monoisotopic (exact) mass is 323 g/mol. The first-order valence-electron chi connectivity index (χ1n) is 7.41.